The summed E-state index contributed by atoms with van der Waals surface area (Å²) in [5.41, 5.74) is 1.66. The van der Waals surface area contributed by atoms with Crippen LogP contribution in [0.15, 0.2) is 41.4 Å². The number of rotatable bonds is 4. The lowest BCUT2D eigenvalue weighted by Gasteiger charge is -2.19. The summed E-state index contributed by atoms with van der Waals surface area (Å²) in [7, 11) is 1.93. The first-order valence-electron chi connectivity index (χ1n) is 6.46. The van der Waals surface area contributed by atoms with E-state index in [4.69, 9.17) is 4.52 Å². The molecule has 7 nitrogen and oxygen atoms in total. The molecule has 0 unspecified atom stereocenters. The van der Waals surface area contributed by atoms with E-state index in [1.807, 2.05) is 24.1 Å². The van der Waals surface area contributed by atoms with Gasteiger partial charge in [-0.2, -0.15) is 4.98 Å². The van der Waals surface area contributed by atoms with Gasteiger partial charge in [0.1, 0.15) is 5.82 Å². The Morgan fingerprint density at radius 1 is 1.19 bits per heavy atom. The van der Waals surface area contributed by atoms with Gasteiger partial charge in [0.15, 0.2) is 5.82 Å². The molecule has 3 rings (SSSR count). The molecule has 0 bridgehead atoms. The second-order valence-corrected chi connectivity index (χ2v) is 4.57. The van der Waals surface area contributed by atoms with Crippen LogP contribution in [0.1, 0.15) is 11.5 Å². The van der Waals surface area contributed by atoms with Crippen molar-refractivity contribution in [3.05, 3.63) is 48.4 Å². The minimum atomic E-state index is 0.460. The Kier molecular flexibility index (Phi) is 3.55. The first kappa shape index (κ1) is 13.2. The molecule has 0 spiro atoms. The number of nitrogens with zero attached hydrogens (tertiary/aromatic N) is 6. The van der Waals surface area contributed by atoms with Crippen LogP contribution in [0, 0.1) is 6.92 Å². The minimum Gasteiger partial charge on any atom is -0.353 e. The van der Waals surface area contributed by atoms with Crippen LogP contribution >= 0.6 is 0 Å². The Hall–Kier alpha value is -2.83. The molecular formula is C14H14N6O. The van der Waals surface area contributed by atoms with Gasteiger partial charge in [-0.1, -0.05) is 5.16 Å². The number of hydrogen-bond donors (Lipinski definition) is 0. The fraction of sp³-hybridized carbons (Fsp3) is 0.214. The molecule has 0 saturated carbocycles. The number of pyridine rings is 1. The van der Waals surface area contributed by atoms with E-state index < -0.39 is 0 Å². The molecule has 0 aliphatic heterocycles. The van der Waals surface area contributed by atoms with Gasteiger partial charge in [-0.05, 0) is 19.1 Å². The summed E-state index contributed by atoms with van der Waals surface area (Å²) in [6.07, 6.45) is 6.78. The Morgan fingerprint density at radius 2 is 2.10 bits per heavy atom. The van der Waals surface area contributed by atoms with Crippen molar-refractivity contribution in [1.29, 1.82) is 0 Å². The third-order valence-corrected chi connectivity index (χ3v) is 2.92. The van der Waals surface area contributed by atoms with Crippen molar-refractivity contribution in [2.75, 3.05) is 11.9 Å². The lowest BCUT2D eigenvalue weighted by atomic mass is 10.2. The van der Waals surface area contributed by atoms with E-state index in [2.05, 4.69) is 25.1 Å². The van der Waals surface area contributed by atoms with Crippen molar-refractivity contribution in [2.45, 2.75) is 13.5 Å². The first-order chi connectivity index (χ1) is 10.2. The van der Waals surface area contributed by atoms with Crippen LogP contribution in [-0.4, -0.2) is 32.1 Å². The molecule has 0 aromatic carbocycles. The molecule has 0 fully saturated rings. The highest BCUT2D eigenvalue weighted by Gasteiger charge is 2.16. The van der Waals surface area contributed by atoms with Crippen LogP contribution in [0.4, 0.5) is 5.82 Å². The second kappa shape index (κ2) is 5.66. The number of anilines is 1. The van der Waals surface area contributed by atoms with E-state index in [9.17, 15) is 0 Å². The third kappa shape index (κ3) is 2.86. The summed E-state index contributed by atoms with van der Waals surface area (Å²) in [6.45, 7) is 2.37. The molecule has 106 valence electrons. The molecule has 0 aliphatic carbocycles. The highest BCUT2D eigenvalue weighted by Crippen LogP contribution is 2.27. The first-order valence-corrected chi connectivity index (χ1v) is 6.46. The molecule has 3 aromatic heterocycles. The van der Waals surface area contributed by atoms with Gasteiger partial charge < -0.3 is 9.42 Å². The van der Waals surface area contributed by atoms with Crippen LogP contribution in [0.5, 0.6) is 0 Å². The predicted molar refractivity (Wildman–Crippen MR) is 76.4 cm³/mol. The van der Waals surface area contributed by atoms with Crippen LogP contribution < -0.4 is 4.90 Å². The summed E-state index contributed by atoms with van der Waals surface area (Å²) in [6, 6.07) is 3.75. The molecule has 7 heteroatoms. The highest BCUT2D eigenvalue weighted by atomic mass is 16.5. The normalized spacial score (nSPS) is 10.6. The monoisotopic (exact) mass is 282 g/mol. The van der Waals surface area contributed by atoms with E-state index >= 15 is 0 Å². The molecular weight excluding hydrogens is 268 g/mol. The molecule has 0 atom stereocenters. The molecule has 0 radical (unpaired) electrons. The minimum absolute atomic E-state index is 0.460. The maximum absolute atomic E-state index is 5.24. The summed E-state index contributed by atoms with van der Waals surface area (Å²) in [4.78, 5) is 19.0. The molecule has 0 saturated heterocycles. The Bertz CT molecular complexity index is 727. The fourth-order valence-corrected chi connectivity index (χ4v) is 2.00. The van der Waals surface area contributed by atoms with Gasteiger partial charge in [0.2, 0.25) is 0 Å². The maximum atomic E-state index is 5.24. The third-order valence-electron chi connectivity index (χ3n) is 2.92. The highest BCUT2D eigenvalue weighted by molar-refractivity contribution is 5.69. The quantitative estimate of drug-likeness (QED) is 0.722. The molecule has 21 heavy (non-hydrogen) atoms. The molecule has 3 aromatic rings. The van der Waals surface area contributed by atoms with E-state index in [1.165, 1.54) is 0 Å². The van der Waals surface area contributed by atoms with Gasteiger partial charge in [-0.15, -0.1) is 0 Å². The Labute approximate surface area is 121 Å². The lowest BCUT2D eigenvalue weighted by Crippen LogP contribution is -2.19. The molecule has 0 aliphatic rings. The fourth-order valence-electron chi connectivity index (χ4n) is 2.00. The molecule has 0 N–H and O–H groups in total. The van der Waals surface area contributed by atoms with Crippen LogP contribution in [-0.2, 0) is 6.54 Å². The van der Waals surface area contributed by atoms with E-state index in [-0.39, 0.29) is 0 Å². The zero-order valence-electron chi connectivity index (χ0n) is 11.8. The van der Waals surface area contributed by atoms with E-state index in [0.717, 1.165) is 17.1 Å². The van der Waals surface area contributed by atoms with Gasteiger partial charge in [-0.3, -0.25) is 9.97 Å². The second-order valence-electron chi connectivity index (χ2n) is 4.57. The summed E-state index contributed by atoms with van der Waals surface area (Å²) >= 11 is 0. The van der Waals surface area contributed by atoms with Crippen molar-refractivity contribution in [3.63, 3.8) is 0 Å². The Balaban J connectivity index is 1.91. The molecule has 3 heterocycles. The average molecular weight is 282 g/mol. The van der Waals surface area contributed by atoms with Crippen LogP contribution in [0.3, 0.4) is 0 Å². The van der Waals surface area contributed by atoms with Crippen molar-refractivity contribution in [3.8, 4) is 11.5 Å². The van der Waals surface area contributed by atoms with Gasteiger partial charge in [0, 0.05) is 25.6 Å². The number of hydrogen-bond acceptors (Lipinski definition) is 7. The van der Waals surface area contributed by atoms with Gasteiger partial charge in [0.05, 0.1) is 24.0 Å². The predicted octanol–water partition coefficient (Wildman–Crippen LogP) is 1.87. The lowest BCUT2D eigenvalue weighted by molar-refractivity contribution is 0.425. The zero-order chi connectivity index (χ0) is 14.7. The van der Waals surface area contributed by atoms with Crippen molar-refractivity contribution in [1.82, 2.24) is 25.1 Å². The molecule has 0 amide bonds. The summed E-state index contributed by atoms with van der Waals surface area (Å²) in [5.74, 6) is 1.81. The number of aromatic nitrogens is 5. The van der Waals surface area contributed by atoms with Crippen LogP contribution in [0.2, 0.25) is 0 Å². The van der Waals surface area contributed by atoms with Gasteiger partial charge in [0.25, 0.3) is 5.89 Å². The van der Waals surface area contributed by atoms with Crippen molar-refractivity contribution < 1.29 is 4.52 Å². The van der Waals surface area contributed by atoms with Crippen molar-refractivity contribution in [2.24, 2.45) is 0 Å². The zero-order valence-corrected chi connectivity index (χ0v) is 11.8. The average Bonchev–Trinajstić information content (AvgIpc) is 2.95. The Morgan fingerprint density at radius 3 is 2.81 bits per heavy atom. The SMILES string of the molecule is Cc1noc(-c2cccnc2N(C)Cc2cnccn2)n1. The van der Waals surface area contributed by atoms with Crippen LogP contribution in [0.25, 0.3) is 11.5 Å². The maximum Gasteiger partial charge on any atom is 0.261 e. The largest absolute Gasteiger partial charge is 0.353 e. The summed E-state index contributed by atoms with van der Waals surface area (Å²) in [5, 5.41) is 3.82. The topological polar surface area (TPSA) is 80.8 Å². The van der Waals surface area contributed by atoms with Gasteiger partial charge in [-0.25, -0.2) is 4.98 Å². The van der Waals surface area contributed by atoms with Crippen molar-refractivity contribution >= 4 is 5.82 Å². The van der Waals surface area contributed by atoms with E-state index in [1.54, 1.807) is 31.7 Å². The van der Waals surface area contributed by atoms with E-state index in [0.29, 0.717) is 18.3 Å². The number of aryl methyl sites for hydroxylation is 1. The van der Waals surface area contributed by atoms with Gasteiger partial charge >= 0.3 is 0 Å². The smallest absolute Gasteiger partial charge is 0.261 e. The summed E-state index contributed by atoms with van der Waals surface area (Å²) < 4.78 is 5.24. The standard InChI is InChI=1S/C14H14N6O/c1-10-18-14(21-19-10)12-4-3-5-17-13(12)20(2)9-11-8-15-6-7-16-11/h3-8H,9H2,1-2H3.